The Bertz CT molecular complexity index is 528. The summed E-state index contributed by atoms with van der Waals surface area (Å²) in [6.07, 6.45) is 1.53. The molecule has 0 aliphatic rings. The summed E-state index contributed by atoms with van der Waals surface area (Å²) < 4.78 is 10.4. The quantitative estimate of drug-likeness (QED) is 0.900. The number of ether oxygens (including phenoxy) is 1. The second kappa shape index (κ2) is 5.84. The van der Waals surface area contributed by atoms with Gasteiger partial charge in [0.05, 0.1) is 12.7 Å². The van der Waals surface area contributed by atoms with Gasteiger partial charge in [0.25, 0.3) is 5.89 Å². The van der Waals surface area contributed by atoms with Crippen molar-refractivity contribution in [2.24, 2.45) is 5.73 Å². The predicted molar refractivity (Wildman–Crippen MR) is 68.7 cm³/mol. The monoisotopic (exact) mass is 267 g/mol. The van der Waals surface area contributed by atoms with Crippen LogP contribution in [0.15, 0.2) is 22.7 Å². The smallest absolute Gasteiger partial charge is 0.261 e. The molecule has 0 aliphatic heterocycles. The number of aromatic nitrogens is 2. The van der Waals surface area contributed by atoms with E-state index < -0.39 is 0 Å². The van der Waals surface area contributed by atoms with Gasteiger partial charge in [0, 0.05) is 11.4 Å². The highest BCUT2D eigenvalue weighted by Crippen LogP contribution is 2.31. The lowest BCUT2D eigenvalue weighted by molar-refractivity contribution is 0.402. The van der Waals surface area contributed by atoms with Crippen molar-refractivity contribution in [2.75, 3.05) is 13.7 Å². The van der Waals surface area contributed by atoms with Crippen LogP contribution >= 0.6 is 11.6 Å². The third-order valence-electron chi connectivity index (χ3n) is 2.47. The van der Waals surface area contributed by atoms with Gasteiger partial charge < -0.3 is 15.0 Å². The van der Waals surface area contributed by atoms with Crippen molar-refractivity contribution in [2.45, 2.75) is 12.8 Å². The number of nitrogens with two attached hydrogens (primary N) is 1. The summed E-state index contributed by atoms with van der Waals surface area (Å²) in [4.78, 5) is 4.30. The van der Waals surface area contributed by atoms with Gasteiger partial charge in [-0.25, -0.2) is 0 Å². The van der Waals surface area contributed by atoms with Gasteiger partial charge in [0.2, 0.25) is 0 Å². The predicted octanol–water partition coefficient (Wildman–Crippen LogP) is 2.29. The SMILES string of the molecule is COc1cc(Cl)ccc1-c1nc(CCCN)no1. The van der Waals surface area contributed by atoms with Crippen LogP contribution in [0.1, 0.15) is 12.2 Å². The van der Waals surface area contributed by atoms with Crippen LogP contribution < -0.4 is 10.5 Å². The van der Waals surface area contributed by atoms with E-state index in [1.54, 1.807) is 25.3 Å². The van der Waals surface area contributed by atoms with Crippen LogP contribution in [0.25, 0.3) is 11.5 Å². The van der Waals surface area contributed by atoms with Crippen LogP contribution in [0, 0.1) is 0 Å². The van der Waals surface area contributed by atoms with E-state index in [-0.39, 0.29) is 0 Å². The molecule has 6 heteroatoms. The Balaban J connectivity index is 2.28. The van der Waals surface area contributed by atoms with Crippen molar-refractivity contribution in [3.8, 4) is 17.2 Å². The largest absolute Gasteiger partial charge is 0.496 e. The lowest BCUT2D eigenvalue weighted by Crippen LogP contribution is -2.01. The minimum absolute atomic E-state index is 0.426. The van der Waals surface area contributed by atoms with Crippen LogP contribution in [0.4, 0.5) is 0 Å². The van der Waals surface area contributed by atoms with Gasteiger partial charge in [-0.1, -0.05) is 16.8 Å². The average molecular weight is 268 g/mol. The maximum atomic E-state index is 5.90. The van der Waals surface area contributed by atoms with E-state index in [0.717, 1.165) is 12.0 Å². The van der Waals surface area contributed by atoms with Gasteiger partial charge in [-0.05, 0) is 31.2 Å². The van der Waals surface area contributed by atoms with E-state index in [2.05, 4.69) is 10.1 Å². The molecule has 18 heavy (non-hydrogen) atoms. The fraction of sp³-hybridized carbons (Fsp3) is 0.333. The van der Waals surface area contributed by atoms with Gasteiger partial charge in [-0.3, -0.25) is 0 Å². The fourth-order valence-corrected chi connectivity index (χ4v) is 1.73. The third-order valence-corrected chi connectivity index (χ3v) is 2.70. The number of halogens is 1. The molecule has 0 fully saturated rings. The second-order valence-corrected chi connectivity index (χ2v) is 4.19. The first kappa shape index (κ1) is 12.9. The van der Waals surface area contributed by atoms with E-state index in [9.17, 15) is 0 Å². The summed E-state index contributed by atoms with van der Waals surface area (Å²) in [5.74, 6) is 1.68. The Labute approximate surface area is 110 Å². The molecule has 2 aromatic rings. The van der Waals surface area contributed by atoms with E-state index in [1.807, 2.05) is 0 Å². The summed E-state index contributed by atoms with van der Waals surface area (Å²) in [5, 5.41) is 4.49. The van der Waals surface area contributed by atoms with Crippen molar-refractivity contribution in [1.29, 1.82) is 0 Å². The van der Waals surface area contributed by atoms with E-state index in [1.165, 1.54) is 0 Å². The fourth-order valence-electron chi connectivity index (χ4n) is 1.57. The van der Waals surface area contributed by atoms with Crippen LogP contribution in [0.3, 0.4) is 0 Å². The number of hydrogen-bond donors (Lipinski definition) is 1. The summed E-state index contributed by atoms with van der Waals surface area (Å²) in [7, 11) is 1.57. The number of hydrogen-bond acceptors (Lipinski definition) is 5. The zero-order valence-electron chi connectivity index (χ0n) is 10.0. The van der Waals surface area contributed by atoms with Crippen LogP contribution in [0.5, 0.6) is 5.75 Å². The number of nitrogens with zero attached hydrogens (tertiary/aromatic N) is 2. The van der Waals surface area contributed by atoms with E-state index >= 15 is 0 Å². The van der Waals surface area contributed by atoms with Crippen LogP contribution in [0.2, 0.25) is 5.02 Å². The molecule has 5 nitrogen and oxygen atoms in total. The van der Waals surface area contributed by atoms with Gasteiger partial charge in [0.1, 0.15) is 5.75 Å². The van der Waals surface area contributed by atoms with Crippen molar-refractivity contribution in [3.63, 3.8) is 0 Å². The molecule has 0 bridgehead atoms. The number of benzene rings is 1. The summed E-state index contributed by atoms with van der Waals surface area (Å²) in [6, 6.07) is 5.26. The molecule has 1 aromatic heterocycles. The highest BCUT2D eigenvalue weighted by Gasteiger charge is 2.13. The molecule has 0 saturated carbocycles. The van der Waals surface area contributed by atoms with Crippen LogP contribution in [-0.4, -0.2) is 23.8 Å². The molecule has 0 spiro atoms. The zero-order valence-corrected chi connectivity index (χ0v) is 10.8. The third kappa shape index (κ3) is 2.80. The maximum absolute atomic E-state index is 5.90. The van der Waals surface area contributed by atoms with Gasteiger partial charge in [-0.2, -0.15) is 4.98 Å². The van der Waals surface area contributed by atoms with E-state index in [0.29, 0.717) is 35.5 Å². The van der Waals surface area contributed by atoms with Gasteiger partial charge in [-0.15, -0.1) is 0 Å². The molecule has 2 N–H and O–H groups in total. The summed E-state index contributed by atoms with van der Waals surface area (Å²) >= 11 is 5.90. The van der Waals surface area contributed by atoms with E-state index in [4.69, 9.17) is 26.6 Å². The Morgan fingerprint density at radius 1 is 1.44 bits per heavy atom. The molecule has 2 rings (SSSR count). The average Bonchev–Trinajstić information content (AvgIpc) is 2.84. The molecule has 0 unspecified atom stereocenters. The molecule has 96 valence electrons. The Kier molecular flexibility index (Phi) is 4.17. The molecule has 0 amide bonds. The Morgan fingerprint density at radius 2 is 2.28 bits per heavy atom. The first-order valence-corrected chi connectivity index (χ1v) is 5.99. The molecule has 1 heterocycles. The van der Waals surface area contributed by atoms with Crippen molar-refractivity contribution in [3.05, 3.63) is 29.0 Å². The Hall–Kier alpha value is -1.59. The molecule has 0 saturated heterocycles. The minimum Gasteiger partial charge on any atom is -0.496 e. The number of rotatable bonds is 5. The highest BCUT2D eigenvalue weighted by molar-refractivity contribution is 6.30. The van der Waals surface area contributed by atoms with Crippen molar-refractivity contribution < 1.29 is 9.26 Å². The zero-order chi connectivity index (χ0) is 13.0. The molecular weight excluding hydrogens is 254 g/mol. The molecule has 0 radical (unpaired) electrons. The molecule has 1 aromatic carbocycles. The number of methoxy groups -OCH3 is 1. The normalized spacial score (nSPS) is 10.6. The lowest BCUT2D eigenvalue weighted by atomic mass is 10.2. The summed E-state index contributed by atoms with van der Waals surface area (Å²) in [5.41, 5.74) is 6.17. The number of aryl methyl sites for hydroxylation is 1. The van der Waals surface area contributed by atoms with Crippen molar-refractivity contribution >= 4 is 11.6 Å². The lowest BCUT2D eigenvalue weighted by Gasteiger charge is -2.04. The van der Waals surface area contributed by atoms with Crippen LogP contribution in [-0.2, 0) is 6.42 Å². The minimum atomic E-state index is 0.426. The molecular formula is C12H14ClN3O2. The standard InChI is InChI=1S/C12H14ClN3O2/c1-17-10-7-8(13)4-5-9(10)12-15-11(16-18-12)3-2-6-14/h4-5,7H,2-3,6,14H2,1H3. The first-order valence-electron chi connectivity index (χ1n) is 5.61. The Morgan fingerprint density at radius 3 is 3.00 bits per heavy atom. The molecule has 0 atom stereocenters. The van der Waals surface area contributed by atoms with Gasteiger partial charge >= 0.3 is 0 Å². The van der Waals surface area contributed by atoms with Gasteiger partial charge in [0.15, 0.2) is 5.82 Å². The maximum Gasteiger partial charge on any atom is 0.261 e. The van der Waals surface area contributed by atoms with Crippen molar-refractivity contribution in [1.82, 2.24) is 10.1 Å². The highest BCUT2D eigenvalue weighted by atomic mass is 35.5. The second-order valence-electron chi connectivity index (χ2n) is 3.75. The first-order chi connectivity index (χ1) is 8.74. The molecule has 0 aliphatic carbocycles. The summed E-state index contributed by atoms with van der Waals surface area (Å²) in [6.45, 7) is 0.605. The topological polar surface area (TPSA) is 74.2 Å².